The number of hydrogen-bond donors (Lipinski definition) is 1. The lowest BCUT2D eigenvalue weighted by Crippen LogP contribution is -2.14. The molecule has 3 heteroatoms. The van der Waals surface area contributed by atoms with Crippen LogP contribution in [0.4, 0.5) is 34.1 Å². The summed E-state index contributed by atoms with van der Waals surface area (Å²) in [5.74, 6) is 0.370. The van der Waals surface area contributed by atoms with Crippen molar-refractivity contribution in [1.82, 2.24) is 0 Å². The van der Waals surface area contributed by atoms with Gasteiger partial charge in [-0.2, -0.15) is 0 Å². The van der Waals surface area contributed by atoms with E-state index in [1.165, 1.54) is 44.7 Å². The van der Waals surface area contributed by atoms with E-state index in [9.17, 15) is 0 Å². The van der Waals surface area contributed by atoms with E-state index in [-0.39, 0.29) is 0 Å². The summed E-state index contributed by atoms with van der Waals surface area (Å²) in [7, 11) is 0. The normalized spacial score (nSPS) is 11.2. The monoisotopic (exact) mass is 747 g/mol. The predicted octanol–water partition coefficient (Wildman–Crippen LogP) is 15.9. The van der Waals surface area contributed by atoms with Crippen LogP contribution >= 0.6 is 0 Å². The van der Waals surface area contributed by atoms with E-state index < -0.39 is 0 Å². The van der Waals surface area contributed by atoms with Gasteiger partial charge in [-0.1, -0.05) is 169 Å². The summed E-state index contributed by atoms with van der Waals surface area (Å²) in [6.07, 6.45) is 3.46. The van der Waals surface area contributed by atoms with Crippen molar-refractivity contribution < 1.29 is 0 Å². The quantitative estimate of drug-likeness (QED) is 0.143. The van der Waals surface area contributed by atoms with Gasteiger partial charge in [-0.05, 0) is 118 Å². The maximum Gasteiger partial charge on any atom is 0.0540 e. The lowest BCUT2D eigenvalue weighted by atomic mass is 9.94. The number of benzene rings is 8. The third-order valence-corrected chi connectivity index (χ3v) is 10.1. The molecule has 0 aliphatic carbocycles. The number of nitrogens with zero attached hydrogens (tertiary/aromatic N) is 2. The van der Waals surface area contributed by atoms with Crippen molar-refractivity contribution in [2.24, 2.45) is 5.73 Å². The van der Waals surface area contributed by atoms with Crippen LogP contribution in [0.25, 0.3) is 32.7 Å². The van der Waals surface area contributed by atoms with Crippen LogP contribution < -0.4 is 15.5 Å². The number of nitrogens with two attached hydrogens (primary N) is 1. The second-order valence-electron chi connectivity index (χ2n) is 14.1. The van der Waals surface area contributed by atoms with Crippen LogP contribution in [0.1, 0.15) is 65.4 Å². The summed E-state index contributed by atoms with van der Waals surface area (Å²) in [5.41, 5.74) is 16.6. The molecule has 8 aromatic rings. The zero-order valence-corrected chi connectivity index (χ0v) is 34.3. The largest absolute Gasteiger partial charge is 0.330 e. The van der Waals surface area contributed by atoms with Crippen LogP contribution in [0.2, 0.25) is 0 Å². The van der Waals surface area contributed by atoms with Crippen LogP contribution in [0, 0.1) is 0 Å². The van der Waals surface area contributed by atoms with Gasteiger partial charge in [0, 0.05) is 33.8 Å². The van der Waals surface area contributed by atoms with Gasteiger partial charge in [0.2, 0.25) is 0 Å². The highest BCUT2D eigenvalue weighted by Gasteiger charge is 2.19. The van der Waals surface area contributed by atoms with E-state index in [0.717, 1.165) is 47.0 Å². The van der Waals surface area contributed by atoms with Gasteiger partial charge in [-0.25, -0.2) is 0 Å². The maximum absolute atomic E-state index is 6.20. The summed E-state index contributed by atoms with van der Waals surface area (Å²) < 4.78 is 0. The molecule has 8 aromatic carbocycles. The van der Waals surface area contributed by atoms with Gasteiger partial charge in [-0.3, -0.25) is 0 Å². The van der Waals surface area contributed by atoms with Crippen molar-refractivity contribution in [3.8, 4) is 11.1 Å². The molecule has 8 rings (SSSR count). The molecule has 0 aliphatic heterocycles. The highest BCUT2D eigenvalue weighted by atomic mass is 15.2. The van der Waals surface area contributed by atoms with Crippen molar-refractivity contribution in [2.75, 3.05) is 16.3 Å². The van der Waals surface area contributed by atoms with E-state index in [2.05, 4.69) is 219 Å². The van der Waals surface area contributed by atoms with Gasteiger partial charge in [0.15, 0.2) is 0 Å². The minimum Gasteiger partial charge on any atom is -0.330 e. The van der Waals surface area contributed by atoms with E-state index in [1.54, 1.807) is 0 Å². The Morgan fingerprint density at radius 1 is 0.439 bits per heavy atom. The van der Waals surface area contributed by atoms with E-state index in [0.29, 0.717) is 12.5 Å². The molecular formula is C54H57N3. The first-order valence-corrected chi connectivity index (χ1v) is 20.7. The second kappa shape index (κ2) is 20.1. The molecule has 0 radical (unpaired) electrons. The molecule has 0 heterocycles. The fourth-order valence-corrected chi connectivity index (χ4v) is 7.44. The van der Waals surface area contributed by atoms with Crippen molar-refractivity contribution in [3.05, 3.63) is 194 Å². The van der Waals surface area contributed by atoms with Gasteiger partial charge in [0.1, 0.15) is 0 Å². The van der Waals surface area contributed by atoms with Crippen molar-refractivity contribution in [2.45, 2.75) is 59.8 Å². The molecule has 288 valence electrons. The van der Waals surface area contributed by atoms with Crippen LogP contribution in [-0.4, -0.2) is 6.54 Å². The Labute approximate surface area is 341 Å². The third kappa shape index (κ3) is 9.45. The molecule has 0 amide bonds. The lowest BCUT2D eigenvalue weighted by molar-refractivity contribution is 0.622. The minimum atomic E-state index is 0.370. The Morgan fingerprint density at radius 2 is 0.912 bits per heavy atom. The zero-order valence-electron chi connectivity index (χ0n) is 34.3. The summed E-state index contributed by atoms with van der Waals surface area (Å²) in [6, 6.07) is 67.9. The van der Waals surface area contributed by atoms with E-state index >= 15 is 0 Å². The maximum atomic E-state index is 6.20. The molecule has 0 aliphatic rings. The Balaban J connectivity index is 0.00000105. The smallest absolute Gasteiger partial charge is 0.0540 e. The van der Waals surface area contributed by atoms with Crippen molar-refractivity contribution >= 4 is 55.7 Å². The summed E-state index contributed by atoms with van der Waals surface area (Å²) >= 11 is 0. The third-order valence-electron chi connectivity index (χ3n) is 10.1. The van der Waals surface area contributed by atoms with Gasteiger partial charge in [0.25, 0.3) is 0 Å². The second-order valence-corrected chi connectivity index (χ2v) is 14.1. The molecule has 57 heavy (non-hydrogen) atoms. The highest BCUT2D eigenvalue weighted by molar-refractivity contribution is 5.99. The van der Waals surface area contributed by atoms with Gasteiger partial charge < -0.3 is 15.5 Å². The zero-order chi connectivity index (χ0) is 40.0. The molecule has 1 unspecified atom stereocenters. The van der Waals surface area contributed by atoms with Gasteiger partial charge >= 0.3 is 0 Å². The Kier molecular flexibility index (Phi) is 14.3. The standard InChI is InChI=1S/C49H43N3.C3H8.C2H6/c1-2-11-42(35-50)39-22-25-43(26-23-39)51(47-29-24-37-14-6-7-16-41(37)34-47)44-30-32-46(33-31-44)52(49-19-10-17-40-15-8-9-18-48(40)49)45-27-20-38(21-28-45)36-12-4-3-5-13-36;1-3-2;1-2/h3-10,12-34,42H,2,11,35,50H2,1H3;3H2,1-2H3;1-2H3. The topological polar surface area (TPSA) is 32.5 Å². The first kappa shape index (κ1) is 40.5. The van der Waals surface area contributed by atoms with Crippen LogP contribution in [0.5, 0.6) is 0 Å². The van der Waals surface area contributed by atoms with E-state index in [4.69, 9.17) is 5.73 Å². The number of anilines is 6. The van der Waals surface area contributed by atoms with Gasteiger partial charge in [0.05, 0.1) is 5.69 Å². The summed E-state index contributed by atoms with van der Waals surface area (Å²) in [4.78, 5) is 4.73. The van der Waals surface area contributed by atoms with Crippen LogP contribution in [-0.2, 0) is 0 Å². The molecule has 0 saturated carbocycles. The number of rotatable bonds is 11. The Hall–Kier alpha value is -6.16. The van der Waals surface area contributed by atoms with Crippen LogP contribution in [0.15, 0.2) is 188 Å². The molecule has 2 N–H and O–H groups in total. The number of fused-ring (bicyclic) bond motifs is 2. The predicted molar refractivity (Wildman–Crippen MR) is 250 cm³/mol. The molecular weight excluding hydrogens is 691 g/mol. The molecule has 0 saturated heterocycles. The Bertz CT molecular complexity index is 2410. The molecule has 0 aromatic heterocycles. The average Bonchev–Trinajstić information content (AvgIpc) is 3.28. The average molecular weight is 748 g/mol. The number of hydrogen-bond acceptors (Lipinski definition) is 3. The SMILES string of the molecule is CC.CCC.CCCC(CN)c1ccc(N(c2ccc(N(c3ccc(-c4ccccc4)cc3)c3cccc4ccccc34)cc2)c2ccc3ccccc3c2)cc1. The minimum absolute atomic E-state index is 0.370. The summed E-state index contributed by atoms with van der Waals surface area (Å²) in [6.45, 7) is 11.1. The molecule has 0 bridgehead atoms. The van der Waals surface area contributed by atoms with Crippen LogP contribution in [0.3, 0.4) is 0 Å². The lowest BCUT2D eigenvalue weighted by Gasteiger charge is -2.29. The fourth-order valence-electron chi connectivity index (χ4n) is 7.44. The fraction of sp³-hybridized carbons (Fsp3) is 0.185. The first-order chi connectivity index (χ1) is 28.1. The molecule has 3 nitrogen and oxygen atoms in total. The molecule has 1 atom stereocenters. The Morgan fingerprint density at radius 3 is 1.53 bits per heavy atom. The summed E-state index contributed by atoms with van der Waals surface area (Å²) in [5, 5.41) is 4.86. The first-order valence-electron chi connectivity index (χ1n) is 20.7. The molecule has 0 spiro atoms. The van der Waals surface area contributed by atoms with E-state index in [1.807, 2.05) is 13.8 Å². The molecule has 0 fully saturated rings. The van der Waals surface area contributed by atoms with Gasteiger partial charge in [-0.15, -0.1) is 0 Å². The van der Waals surface area contributed by atoms with Crippen molar-refractivity contribution in [3.63, 3.8) is 0 Å². The highest BCUT2D eigenvalue weighted by Crippen LogP contribution is 2.42. The van der Waals surface area contributed by atoms with Crippen molar-refractivity contribution in [1.29, 1.82) is 0 Å².